The summed E-state index contributed by atoms with van der Waals surface area (Å²) in [4.78, 5) is 37.7. The van der Waals surface area contributed by atoms with Gasteiger partial charge in [-0.15, -0.1) is 0 Å². The van der Waals surface area contributed by atoms with Crippen molar-refractivity contribution >= 4 is 17.7 Å². The number of benzene rings is 1. The number of unbranched alkanes of at least 4 members (excludes halogenated alkanes) is 1. The summed E-state index contributed by atoms with van der Waals surface area (Å²) < 4.78 is 0. The van der Waals surface area contributed by atoms with E-state index in [1.165, 1.54) is 4.90 Å². The Morgan fingerprint density at radius 1 is 1.12 bits per heavy atom. The summed E-state index contributed by atoms with van der Waals surface area (Å²) in [5.74, 6) is -0.334. The molecule has 6 heteroatoms. The van der Waals surface area contributed by atoms with Crippen molar-refractivity contribution in [3.8, 4) is 0 Å². The van der Waals surface area contributed by atoms with Crippen LogP contribution >= 0.6 is 0 Å². The molecule has 1 saturated carbocycles. The second kappa shape index (κ2) is 7.13. The van der Waals surface area contributed by atoms with Gasteiger partial charge < -0.3 is 11.1 Å². The number of nitrogens with one attached hydrogen (secondary N) is 1. The zero-order valence-electron chi connectivity index (χ0n) is 13.7. The van der Waals surface area contributed by atoms with Crippen LogP contribution in [0.1, 0.15) is 52.8 Å². The summed E-state index contributed by atoms with van der Waals surface area (Å²) in [6.07, 6.45) is 3.95. The summed E-state index contributed by atoms with van der Waals surface area (Å²) in [6.45, 7) is 0.949. The van der Waals surface area contributed by atoms with Crippen LogP contribution in [0.5, 0.6) is 0 Å². The molecule has 0 spiro atoms. The summed E-state index contributed by atoms with van der Waals surface area (Å²) in [5.41, 5.74) is 6.78. The SMILES string of the molecule is NC1CCC(C(=O)NCCCCN2C(=O)c3ccccc3C2=O)C1. The van der Waals surface area contributed by atoms with E-state index in [0.717, 1.165) is 25.7 Å². The molecular weight excluding hydrogens is 306 g/mol. The molecule has 3 amide bonds. The summed E-state index contributed by atoms with van der Waals surface area (Å²) >= 11 is 0. The zero-order valence-corrected chi connectivity index (χ0v) is 13.7. The highest BCUT2D eigenvalue weighted by atomic mass is 16.2. The van der Waals surface area contributed by atoms with E-state index < -0.39 is 0 Å². The van der Waals surface area contributed by atoms with Crippen LogP contribution in [0.2, 0.25) is 0 Å². The molecule has 1 aromatic rings. The van der Waals surface area contributed by atoms with Gasteiger partial charge in [-0.3, -0.25) is 19.3 Å². The molecule has 0 bridgehead atoms. The van der Waals surface area contributed by atoms with Crippen LogP contribution in [0.15, 0.2) is 24.3 Å². The molecule has 2 unspecified atom stereocenters. The Morgan fingerprint density at radius 3 is 2.38 bits per heavy atom. The minimum Gasteiger partial charge on any atom is -0.356 e. The fraction of sp³-hybridized carbons (Fsp3) is 0.500. The van der Waals surface area contributed by atoms with Gasteiger partial charge in [0.15, 0.2) is 0 Å². The van der Waals surface area contributed by atoms with Gasteiger partial charge in [0, 0.05) is 25.0 Å². The standard InChI is InChI=1S/C18H23N3O3/c19-13-8-7-12(11-13)16(22)20-9-3-4-10-21-17(23)14-5-1-2-6-15(14)18(21)24/h1-2,5-6,12-13H,3-4,7-11,19H2,(H,20,22). The van der Waals surface area contributed by atoms with Gasteiger partial charge in [-0.05, 0) is 44.2 Å². The number of carbonyl (C=O) groups excluding carboxylic acids is 3. The number of hydrogen-bond donors (Lipinski definition) is 2. The normalized spacial score (nSPS) is 22.8. The fourth-order valence-corrected chi connectivity index (χ4v) is 3.45. The third-order valence-corrected chi connectivity index (χ3v) is 4.83. The van der Waals surface area contributed by atoms with Crippen LogP contribution in [-0.4, -0.2) is 41.8 Å². The number of rotatable bonds is 6. The van der Waals surface area contributed by atoms with E-state index in [-0.39, 0.29) is 29.7 Å². The molecule has 0 aromatic heterocycles. The topological polar surface area (TPSA) is 92.5 Å². The van der Waals surface area contributed by atoms with Crippen LogP contribution in [-0.2, 0) is 4.79 Å². The van der Waals surface area contributed by atoms with Crippen molar-refractivity contribution < 1.29 is 14.4 Å². The van der Waals surface area contributed by atoms with Crippen molar-refractivity contribution in [2.45, 2.75) is 38.1 Å². The number of nitrogens with two attached hydrogens (primary N) is 1. The average molecular weight is 329 g/mol. The molecule has 24 heavy (non-hydrogen) atoms. The first-order valence-electron chi connectivity index (χ1n) is 8.56. The monoisotopic (exact) mass is 329 g/mol. The van der Waals surface area contributed by atoms with Gasteiger partial charge in [0.25, 0.3) is 11.8 Å². The smallest absolute Gasteiger partial charge is 0.261 e. The maximum atomic E-state index is 12.2. The fourth-order valence-electron chi connectivity index (χ4n) is 3.45. The lowest BCUT2D eigenvalue weighted by atomic mass is 10.1. The van der Waals surface area contributed by atoms with Gasteiger partial charge in [0.2, 0.25) is 5.91 Å². The predicted molar refractivity (Wildman–Crippen MR) is 89.4 cm³/mol. The van der Waals surface area contributed by atoms with Gasteiger partial charge in [0.05, 0.1) is 11.1 Å². The zero-order chi connectivity index (χ0) is 17.1. The van der Waals surface area contributed by atoms with Gasteiger partial charge in [0.1, 0.15) is 0 Å². The second-order valence-electron chi connectivity index (χ2n) is 6.58. The van der Waals surface area contributed by atoms with E-state index in [4.69, 9.17) is 5.73 Å². The third-order valence-electron chi connectivity index (χ3n) is 4.83. The highest BCUT2D eigenvalue weighted by Gasteiger charge is 2.34. The number of imide groups is 1. The van der Waals surface area contributed by atoms with Crippen LogP contribution in [0.3, 0.4) is 0 Å². The molecule has 1 aromatic carbocycles. The number of fused-ring (bicyclic) bond motifs is 1. The molecule has 6 nitrogen and oxygen atoms in total. The molecule has 1 aliphatic heterocycles. The van der Waals surface area contributed by atoms with Gasteiger partial charge in [-0.2, -0.15) is 0 Å². The Morgan fingerprint density at radius 2 is 1.79 bits per heavy atom. The van der Waals surface area contributed by atoms with Gasteiger partial charge >= 0.3 is 0 Å². The van der Waals surface area contributed by atoms with Gasteiger partial charge in [-0.25, -0.2) is 0 Å². The molecule has 1 aliphatic carbocycles. The van der Waals surface area contributed by atoms with Crippen LogP contribution in [0.4, 0.5) is 0 Å². The first kappa shape index (κ1) is 16.6. The Kier molecular flexibility index (Phi) is 4.94. The van der Waals surface area contributed by atoms with Crippen molar-refractivity contribution in [1.82, 2.24) is 10.2 Å². The Bertz CT molecular complexity index is 624. The Labute approximate surface area is 141 Å². The molecule has 1 heterocycles. The van der Waals surface area contributed by atoms with Crippen molar-refractivity contribution in [1.29, 1.82) is 0 Å². The number of hydrogen-bond acceptors (Lipinski definition) is 4. The molecule has 3 rings (SSSR count). The molecule has 0 radical (unpaired) electrons. The van der Waals surface area contributed by atoms with Crippen molar-refractivity contribution in [3.63, 3.8) is 0 Å². The van der Waals surface area contributed by atoms with E-state index in [1.54, 1.807) is 24.3 Å². The second-order valence-corrected chi connectivity index (χ2v) is 6.58. The Balaban J connectivity index is 1.39. The third kappa shape index (κ3) is 3.33. The van der Waals surface area contributed by atoms with Crippen LogP contribution in [0.25, 0.3) is 0 Å². The van der Waals surface area contributed by atoms with E-state index in [2.05, 4.69) is 5.32 Å². The number of amides is 3. The van der Waals surface area contributed by atoms with Crippen molar-refractivity contribution in [2.75, 3.05) is 13.1 Å². The molecule has 2 atom stereocenters. The van der Waals surface area contributed by atoms with E-state index in [9.17, 15) is 14.4 Å². The molecule has 3 N–H and O–H groups in total. The summed E-state index contributed by atoms with van der Waals surface area (Å²) in [5, 5.41) is 2.93. The highest BCUT2D eigenvalue weighted by Crippen LogP contribution is 2.24. The lowest BCUT2D eigenvalue weighted by molar-refractivity contribution is -0.124. The van der Waals surface area contributed by atoms with E-state index >= 15 is 0 Å². The predicted octanol–water partition coefficient (Wildman–Crippen LogP) is 1.31. The first-order chi connectivity index (χ1) is 11.6. The molecule has 1 fully saturated rings. The largest absolute Gasteiger partial charge is 0.356 e. The van der Waals surface area contributed by atoms with Crippen LogP contribution < -0.4 is 11.1 Å². The lowest BCUT2D eigenvalue weighted by Gasteiger charge is -2.14. The molecule has 128 valence electrons. The quantitative estimate of drug-likeness (QED) is 0.608. The molecule has 2 aliphatic rings. The maximum Gasteiger partial charge on any atom is 0.261 e. The highest BCUT2D eigenvalue weighted by molar-refractivity contribution is 6.21. The average Bonchev–Trinajstić information content (AvgIpc) is 3.12. The first-order valence-corrected chi connectivity index (χ1v) is 8.56. The molecule has 0 saturated heterocycles. The van der Waals surface area contributed by atoms with E-state index in [0.29, 0.717) is 30.6 Å². The minimum absolute atomic E-state index is 0.0382. The Hall–Kier alpha value is -2.21. The summed E-state index contributed by atoms with van der Waals surface area (Å²) in [6, 6.07) is 7.04. The number of nitrogens with zero attached hydrogens (tertiary/aromatic N) is 1. The molecular formula is C18H23N3O3. The van der Waals surface area contributed by atoms with Crippen molar-refractivity contribution in [3.05, 3.63) is 35.4 Å². The lowest BCUT2D eigenvalue weighted by Crippen LogP contribution is -2.33. The van der Waals surface area contributed by atoms with Crippen LogP contribution in [0, 0.1) is 5.92 Å². The number of carbonyl (C=O) groups is 3. The van der Waals surface area contributed by atoms with E-state index in [1.807, 2.05) is 0 Å². The summed E-state index contributed by atoms with van der Waals surface area (Å²) in [7, 11) is 0. The minimum atomic E-state index is -0.223. The van der Waals surface area contributed by atoms with Gasteiger partial charge in [-0.1, -0.05) is 12.1 Å². The maximum absolute atomic E-state index is 12.2. The van der Waals surface area contributed by atoms with Crippen molar-refractivity contribution in [2.24, 2.45) is 11.7 Å².